The molecule has 2 aromatic carbocycles. The summed E-state index contributed by atoms with van der Waals surface area (Å²) in [5.41, 5.74) is 2.56. The van der Waals surface area contributed by atoms with E-state index in [1.54, 1.807) is 24.3 Å². The molecule has 0 saturated carbocycles. The molecular weight excluding hydrogens is 378 g/mol. The van der Waals surface area contributed by atoms with Gasteiger partial charge in [-0.25, -0.2) is 0 Å². The number of carbonyl (C=O) groups is 3. The molecule has 1 saturated heterocycles. The van der Waals surface area contributed by atoms with Gasteiger partial charge in [0.1, 0.15) is 0 Å². The fraction of sp³-hybridized carbons (Fsp3) is 0.375. The summed E-state index contributed by atoms with van der Waals surface area (Å²) in [6, 6.07) is 14.2. The lowest BCUT2D eigenvalue weighted by Gasteiger charge is -2.20. The fourth-order valence-corrected chi connectivity index (χ4v) is 3.53. The van der Waals surface area contributed by atoms with Crippen LogP contribution < -0.4 is 10.6 Å². The third kappa shape index (κ3) is 5.92. The van der Waals surface area contributed by atoms with E-state index in [0.717, 1.165) is 37.8 Å². The van der Waals surface area contributed by atoms with E-state index < -0.39 is 0 Å². The molecule has 0 aromatic heterocycles. The maximum atomic E-state index is 12.5. The minimum Gasteiger partial charge on any atom is -0.352 e. The Morgan fingerprint density at radius 3 is 2.57 bits per heavy atom. The van der Waals surface area contributed by atoms with Crippen molar-refractivity contribution in [2.75, 3.05) is 25.0 Å². The van der Waals surface area contributed by atoms with Gasteiger partial charge in [-0.15, -0.1) is 0 Å². The smallest absolute Gasteiger partial charge is 0.255 e. The van der Waals surface area contributed by atoms with Crippen LogP contribution >= 0.6 is 0 Å². The first-order valence-corrected chi connectivity index (χ1v) is 10.6. The second kappa shape index (κ2) is 10.6. The summed E-state index contributed by atoms with van der Waals surface area (Å²) >= 11 is 0. The summed E-state index contributed by atoms with van der Waals surface area (Å²) in [7, 11) is 0. The summed E-state index contributed by atoms with van der Waals surface area (Å²) in [6.07, 6.45) is 4.49. The van der Waals surface area contributed by atoms with Gasteiger partial charge in [0.15, 0.2) is 0 Å². The lowest BCUT2D eigenvalue weighted by molar-refractivity contribution is -0.130. The van der Waals surface area contributed by atoms with Crippen molar-refractivity contribution in [2.24, 2.45) is 0 Å². The van der Waals surface area contributed by atoms with Crippen molar-refractivity contribution in [3.63, 3.8) is 0 Å². The summed E-state index contributed by atoms with van der Waals surface area (Å²) in [5.74, 6) is -0.179. The maximum absolute atomic E-state index is 12.5. The van der Waals surface area contributed by atoms with E-state index in [2.05, 4.69) is 10.6 Å². The molecule has 1 fully saturated rings. The molecule has 0 bridgehead atoms. The molecule has 6 heteroatoms. The molecule has 0 atom stereocenters. The predicted molar refractivity (Wildman–Crippen MR) is 118 cm³/mol. The van der Waals surface area contributed by atoms with E-state index in [1.165, 1.54) is 0 Å². The zero-order valence-corrected chi connectivity index (χ0v) is 17.4. The van der Waals surface area contributed by atoms with Crippen LogP contribution in [0.5, 0.6) is 0 Å². The number of carbonyl (C=O) groups excluding carboxylic acids is 3. The van der Waals surface area contributed by atoms with E-state index in [9.17, 15) is 14.4 Å². The van der Waals surface area contributed by atoms with Crippen LogP contribution in [0.25, 0.3) is 0 Å². The lowest BCUT2D eigenvalue weighted by Crippen LogP contribution is -2.34. The Balaban J connectivity index is 1.52. The second-order valence-electron chi connectivity index (χ2n) is 7.65. The Morgan fingerprint density at radius 2 is 1.77 bits per heavy atom. The van der Waals surface area contributed by atoms with Crippen LogP contribution in [0, 0.1) is 6.92 Å². The molecule has 0 aliphatic carbocycles. The molecule has 158 valence electrons. The van der Waals surface area contributed by atoms with Crippen molar-refractivity contribution in [1.82, 2.24) is 10.2 Å². The Hall–Kier alpha value is -3.15. The number of nitrogens with zero attached hydrogens (tertiary/aromatic N) is 1. The van der Waals surface area contributed by atoms with Crippen LogP contribution in [0.3, 0.4) is 0 Å². The third-order valence-electron chi connectivity index (χ3n) is 5.35. The fourth-order valence-electron chi connectivity index (χ4n) is 3.53. The molecule has 1 aliphatic heterocycles. The highest BCUT2D eigenvalue weighted by Crippen LogP contribution is 2.18. The van der Waals surface area contributed by atoms with E-state index in [-0.39, 0.29) is 17.7 Å². The number of aryl methyl sites for hydroxylation is 1. The molecule has 0 unspecified atom stereocenters. The second-order valence-corrected chi connectivity index (χ2v) is 7.65. The highest BCUT2D eigenvalue weighted by Gasteiger charge is 2.16. The van der Waals surface area contributed by atoms with Gasteiger partial charge in [-0.1, -0.05) is 30.7 Å². The molecule has 0 radical (unpaired) electrons. The van der Waals surface area contributed by atoms with Crippen LogP contribution in [0.1, 0.15) is 58.4 Å². The highest BCUT2D eigenvalue weighted by molar-refractivity contribution is 6.05. The number of amides is 3. The quantitative estimate of drug-likeness (QED) is 0.686. The van der Waals surface area contributed by atoms with Gasteiger partial charge in [0, 0.05) is 42.9 Å². The van der Waals surface area contributed by atoms with Crippen LogP contribution in [-0.4, -0.2) is 42.3 Å². The largest absolute Gasteiger partial charge is 0.352 e. The number of rotatable bonds is 7. The first kappa shape index (κ1) is 21.6. The zero-order valence-electron chi connectivity index (χ0n) is 17.4. The zero-order chi connectivity index (χ0) is 21.3. The van der Waals surface area contributed by atoms with E-state index >= 15 is 0 Å². The minimum atomic E-state index is -0.210. The molecule has 3 rings (SSSR count). The highest BCUT2D eigenvalue weighted by atomic mass is 16.2. The van der Waals surface area contributed by atoms with Gasteiger partial charge in [0.05, 0.1) is 0 Å². The van der Waals surface area contributed by atoms with Crippen molar-refractivity contribution in [3.8, 4) is 0 Å². The number of hydrogen-bond donors (Lipinski definition) is 2. The lowest BCUT2D eigenvalue weighted by atomic mass is 10.1. The van der Waals surface area contributed by atoms with Crippen LogP contribution in [0.15, 0.2) is 48.5 Å². The Morgan fingerprint density at radius 1 is 0.967 bits per heavy atom. The third-order valence-corrected chi connectivity index (χ3v) is 5.35. The SMILES string of the molecule is Cc1ccc(C(=O)NCCCN2CCCCCC2=O)cc1NC(=O)c1ccccc1. The van der Waals surface area contributed by atoms with Crippen molar-refractivity contribution in [1.29, 1.82) is 0 Å². The maximum Gasteiger partial charge on any atom is 0.255 e. The molecule has 1 heterocycles. The molecule has 30 heavy (non-hydrogen) atoms. The molecule has 2 aromatic rings. The van der Waals surface area contributed by atoms with Gasteiger partial charge in [0.2, 0.25) is 5.91 Å². The Kier molecular flexibility index (Phi) is 7.60. The van der Waals surface area contributed by atoms with E-state index in [0.29, 0.717) is 36.3 Å². The molecular formula is C24H29N3O3. The van der Waals surface area contributed by atoms with Crippen molar-refractivity contribution >= 4 is 23.4 Å². The number of likely N-dealkylation sites (tertiary alicyclic amines) is 1. The molecule has 0 spiro atoms. The van der Waals surface area contributed by atoms with Gasteiger partial charge in [0.25, 0.3) is 11.8 Å². The molecule has 6 nitrogen and oxygen atoms in total. The average Bonchev–Trinajstić information content (AvgIpc) is 2.97. The molecule has 2 N–H and O–H groups in total. The van der Waals surface area contributed by atoms with Gasteiger partial charge in [-0.2, -0.15) is 0 Å². The molecule has 3 amide bonds. The number of hydrogen-bond acceptors (Lipinski definition) is 3. The number of benzene rings is 2. The van der Waals surface area contributed by atoms with Crippen LogP contribution in [0.2, 0.25) is 0 Å². The van der Waals surface area contributed by atoms with E-state index in [4.69, 9.17) is 0 Å². The number of anilines is 1. The van der Waals surface area contributed by atoms with Gasteiger partial charge >= 0.3 is 0 Å². The first-order valence-electron chi connectivity index (χ1n) is 10.6. The standard InChI is InChI=1S/C24H29N3O3/c1-18-12-13-20(17-21(18)26-24(30)19-9-4-2-5-10-19)23(29)25-14-8-16-27-15-7-3-6-11-22(27)28/h2,4-5,9-10,12-13,17H,3,6-8,11,14-16H2,1H3,(H,25,29)(H,26,30). The number of nitrogens with one attached hydrogen (secondary N) is 2. The van der Waals surface area contributed by atoms with Crippen LogP contribution in [0.4, 0.5) is 5.69 Å². The van der Waals surface area contributed by atoms with Crippen molar-refractivity contribution in [2.45, 2.75) is 39.0 Å². The monoisotopic (exact) mass is 407 g/mol. The normalized spacial score (nSPS) is 14.2. The first-order chi connectivity index (χ1) is 14.5. The van der Waals surface area contributed by atoms with E-state index in [1.807, 2.05) is 36.1 Å². The average molecular weight is 408 g/mol. The van der Waals surface area contributed by atoms with Crippen molar-refractivity contribution in [3.05, 3.63) is 65.2 Å². The predicted octanol–water partition coefficient (Wildman–Crippen LogP) is 3.77. The summed E-state index contributed by atoms with van der Waals surface area (Å²) in [6.45, 7) is 3.88. The Labute approximate surface area is 177 Å². The van der Waals surface area contributed by atoms with Gasteiger partial charge < -0.3 is 15.5 Å². The minimum absolute atomic E-state index is 0.188. The Bertz CT molecular complexity index is 896. The van der Waals surface area contributed by atoms with Crippen molar-refractivity contribution < 1.29 is 14.4 Å². The van der Waals surface area contributed by atoms with Gasteiger partial charge in [-0.05, 0) is 56.0 Å². The molecule has 1 aliphatic rings. The van der Waals surface area contributed by atoms with Gasteiger partial charge in [-0.3, -0.25) is 14.4 Å². The summed E-state index contributed by atoms with van der Waals surface area (Å²) in [4.78, 5) is 38.9. The van der Waals surface area contributed by atoms with Crippen LogP contribution in [-0.2, 0) is 4.79 Å². The summed E-state index contributed by atoms with van der Waals surface area (Å²) < 4.78 is 0. The topological polar surface area (TPSA) is 78.5 Å². The summed E-state index contributed by atoms with van der Waals surface area (Å²) in [5, 5.41) is 5.79.